The summed E-state index contributed by atoms with van der Waals surface area (Å²) in [6.07, 6.45) is 2.66. The highest BCUT2D eigenvalue weighted by Gasteiger charge is 2.50. The van der Waals surface area contributed by atoms with Crippen molar-refractivity contribution in [1.29, 1.82) is 0 Å². The molecule has 1 N–H and O–H groups in total. The topological polar surface area (TPSA) is 74.7 Å². The van der Waals surface area contributed by atoms with Crippen LogP contribution in [0.3, 0.4) is 0 Å². The van der Waals surface area contributed by atoms with Crippen LogP contribution in [0.5, 0.6) is 0 Å². The number of benzene rings is 1. The lowest BCUT2D eigenvalue weighted by Crippen LogP contribution is -2.50. The van der Waals surface area contributed by atoms with Crippen molar-refractivity contribution in [3.63, 3.8) is 0 Å². The number of rotatable bonds is 4. The van der Waals surface area contributed by atoms with Gasteiger partial charge in [-0.25, -0.2) is 12.8 Å². The first-order valence-electron chi connectivity index (χ1n) is 7.32. The lowest BCUT2D eigenvalue weighted by Gasteiger charge is -2.30. The minimum Gasteiger partial charge on any atom is -0.480 e. The first-order chi connectivity index (χ1) is 10.3. The molecule has 0 spiro atoms. The van der Waals surface area contributed by atoms with E-state index in [2.05, 4.69) is 0 Å². The van der Waals surface area contributed by atoms with E-state index in [1.807, 2.05) is 0 Å². The second-order valence-corrected chi connectivity index (χ2v) is 8.05. The van der Waals surface area contributed by atoms with Crippen molar-refractivity contribution in [1.82, 2.24) is 4.31 Å². The van der Waals surface area contributed by atoms with Crippen LogP contribution < -0.4 is 0 Å². The highest BCUT2D eigenvalue weighted by Crippen LogP contribution is 2.41. The lowest BCUT2D eigenvalue weighted by atomic mass is 10.0. The van der Waals surface area contributed by atoms with E-state index in [9.17, 15) is 22.7 Å². The molecule has 7 heteroatoms. The van der Waals surface area contributed by atoms with Crippen LogP contribution in [-0.2, 0) is 14.8 Å². The molecule has 5 nitrogen and oxygen atoms in total. The fourth-order valence-electron chi connectivity index (χ4n) is 3.05. The maximum atomic E-state index is 14.3. The van der Waals surface area contributed by atoms with Gasteiger partial charge in [0.15, 0.2) is 0 Å². The molecule has 22 heavy (non-hydrogen) atoms. The minimum atomic E-state index is -4.17. The molecule has 1 aliphatic carbocycles. The average Bonchev–Trinajstić information content (AvgIpc) is 3.20. The van der Waals surface area contributed by atoms with Crippen LogP contribution in [0.1, 0.15) is 44.1 Å². The summed E-state index contributed by atoms with van der Waals surface area (Å²) in [4.78, 5) is 11.0. The Kier molecular flexibility index (Phi) is 3.52. The first kappa shape index (κ1) is 15.4. The third-order valence-corrected chi connectivity index (χ3v) is 6.66. The van der Waals surface area contributed by atoms with Crippen LogP contribution in [-0.4, -0.2) is 35.9 Å². The third kappa shape index (κ3) is 2.32. The van der Waals surface area contributed by atoms with Crippen LogP contribution >= 0.6 is 0 Å². The van der Waals surface area contributed by atoms with Gasteiger partial charge in [0.25, 0.3) is 0 Å². The molecule has 1 aliphatic heterocycles. The molecule has 1 aromatic carbocycles. The maximum Gasteiger partial charge on any atom is 0.324 e. The number of halogens is 1. The van der Waals surface area contributed by atoms with Crippen LogP contribution in [0.4, 0.5) is 4.39 Å². The Morgan fingerprint density at radius 3 is 2.64 bits per heavy atom. The molecule has 1 atom stereocenters. The monoisotopic (exact) mass is 327 g/mol. The fourth-order valence-corrected chi connectivity index (χ4v) is 4.91. The smallest absolute Gasteiger partial charge is 0.324 e. The summed E-state index contributed by atoms with van der Waals surface area (Å²) < 4.78 is 40.6. The van der Waals surface area contributed by atoms with E-state index in [0.717, 1.165) is 22.7 Å². The molecular formula is C15H18FNO4S. The van der Waals surface area contributed by atoms with Gasteiger partial charge < -0.3 is 5.11 Å². The van der Waals surface area contributed by atoms with Gasteiger partial charge in [0.2, 0.25) is 10.0 Å². The molecule has 0 radical (unpaired) electrons. The predicted octanol–water partition coefficient (Wildman–Crippen LogP) is 2.33. The highest BCUT2D eigenvalue weighted by molar-refractivity contribution is 7.89. The van der Waals surface area contributed by atoms with Gasteiger partial charge in [-0.1, -0.05) is 6.07 Å². The standard InChI is InChI=1S/C15H18FNO4S/c1-15(14(18)19)7-2-8-17(15)22(20,21)13-6-5-11(9-12(13)16)10-3-4-10/h5-6,9-10H,2-4,7-8H2,1H3,(H,18,19)/t15-/m1/s1. The normalized spacial score (nSPS) is 26.3. The van der Waals surface area contributed by atoms with Crippen molar-refractivity contribution in [3.8, 4) is 0 Å². The average molecular weight is 327 g/mol. The zero-order chi connectivity index (χ0) is 16.1. The Labute approximate surface area is 128 Å². The van der Waals surface area contributed by atoms with Crippen molar-refractivity contribution < 1.29 is 22.7 Å². The number of aliphatic carboxylic acids is 1. The molecule has 0 aromatic heterocycles. The number of carboxylic acid groups (broad SMARTS) is 1. The summed E-state index contributed by atoms with van der Waals surface area (Å²) in [5.74, 6) is -1.69. The van der Waals surface area contributed by atoms with Crippen LogP contribution in [0.25, 0.3) is 0 Å². The summed E-state index contributed by atoms with van der Waals surface area (Å²) in [7, 11) is -4.17. The highest BCUT2D eigenvalue weighted by atomic mass is 32.2. The zero-order valence-electron chi connectivity index (χ0n) is 12.3. The fraction of sp³-hybridized carbons (Fsp3) is 0.533. The Morgan fingerprint density at radius 1 is 1.41 bits per heavy atom. The number of nitrogens with zero attached hydrogens (tertiary/aromatic N) is 1. The Hall–Kier alpha value is -1.47. The van der Waals surface area contributed by atoms with Gasteiger partial charge in [0, 0.05) is 6.54 Å². The van der Waals surface area contributed by atoms with E-state index < -0.39 is 32.2 Å². The quantitative estimate of drug-likeness (QED) is 0.921. The van der Waals surface area contributed by atoms with Gasteiger partial charge in [-0.2, -0.15) is 4.31 Å². The van der Waals surface area contributed by atoms with Crippen LogP contribution in [0.2, 0.25) is 0 Å². The summed E-state index contributed by atoms with van der Waals surface area (Å²) in [5, 5.41) is 9.35. The Morgan fingerprint density at radius 2 is 2.09 bits per heavy atom. The molecule has 120 valence electrons. The Balaban J connectivity index is 2.01. The SMILES string of the molecule is C[C@]1(C(=O)O)CCCN1S(=O)(=O)c1ccc(C2CC2)cc1F. The molecule has 2 fully saturated rings. The van der Waals surface area contributed by atoms with Crippen LogP contribution in [0, 0.1) is 5.82 Å². The van der Waals surface area contributed by atoms with E-state index in [1.165, 1.54) is 19.1 Å². The summed E-state index contributed by atoms with van der Waals surface area (Å²) in [6.45, 7) is 1.46. The Bertz CT molecular complexity index is 729. The van der Waals surface area contributed by atoms with E-state index in [0.29, 0.717) is 12.3 Å². The summed E-state index contributed by atoms with van der Waals surface area (Å²) in [5.41, 5.74) is -0.709. The first-order valence-corrected chi connectivity index (χ1v) is 8.76. The lowest BCUT2D eigenvalue weighted by molar-refractivity contribution is -0.146. The molecule has 3 rings (SSSR count). The largest absolute Gasteiger partial charge is 0.480 e. The van der Waals surface area contributed by atoms with Gasteiger partial charge in [-0.3, -0.25) is 4.79 Å². The summed E-state index contributed by atoms with van der Waals surface area (Å²) in [6, 6.07) is 4.15. The van der Waals surface area contributed by atoms with Crippen molar-refractivity contribution in [2.45, 2.75) is 49.0 Å². The maximum absolute atomic E-state index is 14.3. The summed E-state index contributed by atoms with van der Waals surface area (Å²) >= 11 is 0. The van der Waals surface area contributed by atoms with Crippen LogP contribution in [0.15, 0.2) is 23.1 Å². The molecule has 1 heterocycles. The molecule has 0 bridgehead atoms. The van der Waals surface area contributed by atoms with E-state index in [4.69, 9.17) is 0 Å². The number of hydrogen-bond acceptors (Lipinski definition) is 3. The molecule has 0 amide bonds. The van der Waals surface area contributed by atoms with Gasteiger partial charge in [-0.05, 0) is 56.2 Å². The number of carbonyl (C=O) groups is 1. The van der Waals surface area contributed by atoms with Gasteiger partial charge in [0.05, 0.1) is 0 Å². The number of hydrogen-bond donors (Lipinski definition) is 1. The van der Waals surface area contributed by atoms with Gasteiger partial charge in [0.1, 0.15) is 16.3 Å². The number of carboxylic acids is 1. The molecular weight excluding hydrogens is 309 g/mol. The van der Waals surface area contributed by atoms with Gasteiger partial charge >= 0.3 is 5.97 Å². The third-order valence-electron chi connectivity index (χ3n) is 4.61. The van der Waals surface area contributed by atoms with E-state index >= 15 is 0 Å². The number of sulfonamides is 1. The van der Waals surface area contributed by atoms with E-state index in [1.54, 1.807) is 6.07 Å². The zero-order valence-corrected chi connectivity index (χ0v) is 13.1. The van der Waals surface area contributed by atoms with Crippen molar-refractivity contribution >= 4 is 16.0 Å². The second kappa shape index (κ2) is 5.03. The predicted molar refractivity (Wildman–Crippen MR) is 77.5 cm³/mol. The van der Waals surface area contributed by atoms with Crippen molar-refractivity contribution in [2.24, 2.45) is 0 Å². The van der Waals surface area contributed by atoms with Crippen molar-refractivity contribution in [2.75, 3.05) is 6.54 Å². The van der Waals surface area contributed by atoms with E-state index in [-0.39, 0.29) is 13.0 Å². The molecule has 1 aromatic rings. The minimum absolute atomic E-state index is 0.0922. The molecule has 2 aliphatic rings. The molecule has 0 unspecified atom stereocenters. The second-order valence-electron chi connectivity index (χ2n) is 6.22. The van der Waals surface area contributed by atoms with Crippen molar-refractivity contribution in [3.05, 3.63) is 29.6 Å². The molecule has 1 saturated heterocycles. The molecule has 1 saturated carbocycles. The van der Waals surface area contributed by atoms with Gasteiger partial charge in [-0.15, -0.1) is 0 Å².